The Bertz CT molecular complexity index is 296. The normalized spacial score (nSPS) is 12.5. The number of hydrogen-bond acceptors (Lipinski definition) is 3. The summed E-state index contributed by atoms with van der Waals surface area (Å²) in [6.45, 7) is 6.74. The van der Waals surface area contributed by atoms with Crippen molar-refractivity contribution in [2.24, 2.45) is 0 Å². The highest BCUT2D eigenvalue weighted by atomic mass is 16.7. The Labute approximate surface area is 190 Å². The van der Waals surface area contributed by atoms with Gasteiger partial charge in [-0.25, -0.2) is 0 Å². The van der Waals surface area contributed by atoms with Gasteiger partial charge in [0.15, 0.2) is 6.29 Å². The molecule has 0 N–H and O–H groups in total. The second-order valence-electron chi connectivity index (χ2n) is 8.97. The third-order valence-corrected chi connectivity index (χ3v) is 5.96. The van der Waals surface area contributed by atoms with E-state index < -0.39 is 0 Å². The Morgan fingerprint density at radius 3 is 1.23 bits per heavy atom. The topological polar surface area (TPSA) is 27.7 Å². The molecule has 0 spiro atoms. The van der Waals surface area contributed by atoms with Crippen molar-refractivity contribution in [3.05, 3.63) is 0 Å². The van der Waals surface area contributed by atoms with Crippen molar-refractivity contribution in [2.45, 2.75) is 149 Å². The SMILES string of the molecule is CCCCCCCCCCCCOCC(OC)OCCCCCCCCCCCC. The van der Waals surface area contributed by atoms with Crippen molar-refractivity contribution >= 4 is 0 Å². The monoisotopic (exact) mass is 428 g/mol. The molecule has 0 saturated carbocycles. The van der Waals surface area contributed by atoms with Crippen molar-refractivity contribution in [1.29, 1.82) is 0 Å². The highest BCUT2D eigenvalue weighted by molar-refractivity contribution is 4.50. The number of rotatable bonds is 26. The van der Waals surface area contributed by atoms with Gasteiger partial charge in [0.25, 0.3) is 0 Å². The third kappa shape index (κ3) is 24.2. The minimum Gasteiger partial charge on any atom is -0.376 e. The minimum absolute atomic E-state index is 0.202. The molecule has 0 amide bonds. The average Bonchev–Trinajstić information content (AvgIpc) is 2.76. The summed E-state index contributed by atoms with van der Waals surface area (Å²) in [5, 5.41) is 0. The zero-order chi connectivity index (χ0) is 22.0. The lowest BCUT2D eigenvalue weighted by molar-refractivity contribution is -0.157. The highest BCUT2D eigenvalue weighted by Gasteiger charge is 2.07. The molecule has 182 valence electrons. The minimum atomic E-state index is -0.202. The zero-order valence-corrected chi connectivity index (χ0v) is 21.1. The van der Waals surface area contributed by atoms with Crippen LogP contribution in [-0.2, 0) is 14.2 Å². The summed E-state index contributed by atoms with van der Waals surface area (Å²) in [6.07, 6.45) is 26.9. The molecule has 3 heteroatoms. The molecule has 0 fully saturated rings. The highest BCUT2D eigenvalue weighted by Crippen LogP contribution is 2.12. The molecule has 0 aromatic heterocycles. The molecule has 30 heavy (non-hydrogen) atoms. The van der Waals surface area contributed by atoms with Crippen LogP contribution in [0.1, 0.15) is 142 Å². The summed E-state index contributed by atoms with van der Waals surface area (Å²) in [4.78, 5) is 0. The standard InChI is InChI=1S/C27H56O3/c1-4-6-8-10-12-14-16-18-20-22-24-29-26-27(28-3)30-25-23-21-19-17-15-13-11-9-7-5-2/h27H,4-26H2,1-3H3. The molecule has 0 aromatic rings. The van der Waals surface area contributed by atoms with Gasteiger partial charge in [-0.1, -0.05) is 129 Å². The molecule has 1 unspecified atom stereocenters. The van der Waals surface area contributed by atoms with E-state index in [9.17, 15) is 0 Å². The molecule has 0 aliphatic carbocycles. The Morgan fingerprint density at radius 2 is 0.833 bits per heavy atom. The van der Waals surface area contributed by atoms with Gasteiger partial charge < -0.3 is 14.2 Å². The first-order valence-corrected chi connectivity index (χ1v) is 13.6. The average molecular weight is 429 g/mol. The fourth-order valence-corrected chi connectivity index (χ4v) is 3.86. The summed E-state index contributed by atoms with van der Waals surface area (Å²) in [6, 6.07) is 0. The van der Waals surface area contributed by atoms with Gasteiger partial charge in [-0.2, -0.15) is 0 Å². The fraction of sp³-hybridized carbons (Fsp3) is 1.00. The van der Waals surface area contributed by atoms with Crippen LogP contribution < -0.4 is 0 Å². The maximum atomic E-state index is 5.82. The maximum absolute atomic E-state index is 5.82. The van der Waals surface area contributed by atoms with E-state index in [1.807, 2.05) is 0 Å². The van der Waals surface area contributed by atoms with Crippen molar-refractivity contribution in [2.75, 3.05) is 26.9 Å². The Morgan fingerprint density at radius 1 is 0.467 bits per heavy atom. The van der Waals surface area contributed by atoms with Crippen molar-refractivity contribution in [3.8, 4) is 0 Å². The van der Waals surface area contributed by atoms with E-state index in [0.717, 1.165) is 26.1 Å². The van der Waals surface area contributed by atoms with E-state index in [2.05, 4.69) is 13.8 Å². The molecule has 1 atom stereocenters. The van der Waals surface area contributed by atoms with E-state index in [0.29, 0.717) is 6.61 Å². The molecule has 0 rings (SSSR count). The van der Waals surface area contributed by atoms with Crippen LogP contribution in [0.3, 0.4) is 0 Å². The second kappa shape index (κ2) is 26.9. The van der Waals surface area contributed by atoms with Crippen LogP contribution in [-0.4, -0.2) is 33.2 Å². The summed E-state index contributed by atoms with van der Waals surface area (Å²) >= 11 is 0. The summed E-state index contributed by atoms with van der Waals surface area (Å²) in [5.74, 6) is 0. The molecule has 0 saturated heterocycles. The van der Waals surface area contributed by atoms with Gasteiger partial charge >= 0.3 is 0 Å². The lowest BCUT2D eigenvalue weighted by atomic mass is 10.1. The first-order chi connectivity index (χ1) is 14.8. The maximum Gasteiger partial charge on any atom is 0.180 e. The van der Waals surface area contributed by atoms with Crippen molar-refractivity contribution < 1.29 is 14.2 Å². The van der Waals surface area contributed by atoms with Crippen molar-refractivity contribution in [3.63, 3.8) is 0 Å². The van der Waals surface area contributed by atoms with Crippen LogP contribution in [0.5, 0.6) is 0 Å². The molecule has 3 nitrogen and oxygen atoms in total. The predicted octanol–water partition coefficient (Wildman–Crippen LogP) is 8.83. The summed E-state index contributed by atoms with van der Waals surface area (Å²) in [5.41, 5.74) is 0. The van der Waals surface area contributed by atoms with Gasteiger partial charge in [0.2, 0.25) is 0 Å². The molecule has 0 aromatic carbocycles. The molecule has 0 radical (unpaired) electrons. The van der Waals surface area contributed by atoms with E-state index in [4.69, 9.17) is 14.2 Å². The molecular formula is C27H56O3. The second-order valence-corrected chi connectivity index (χ2v) is 8.97. The number of unbranched alkanes of at least 4 members (excludes halogenated alkanes) is 18. The Balaban J connectivity index is 3.27. The van der Waals surface area contributed by atoms with Gasteiger partial charge in [-0.3, -0.25) is 0 Å². The Kier molecular flexibility index (Phi) is 26.8. The van der Waals surface area contributed by atoms with Crippen LogP contribution in [0.2, 0.25) is 0 Å². The van der Waals surface area contributed by atoms with Crippen LogP contribution in [0.4, 0.5) is 0 Å². The van der Waals surface area contributed by atoms with Crippen molar-refractivity contribution in [1.82, 2.24) is 0 Å². The lowest BCUT2D eigenvalue weighted by Crippen LogP contribution is -2.22. The fourth-order valence-electron chi connectivity index (χ4n) is 3.86. The molecule has 0 bridgehead atoms. The number of ether oxygens (including phenoxy) is 3. The quantitative estimate of drug-likeness (QED) is 0.102. The van der Waals surface area contributed by atoms with Crippen LogP contribution in [0, 0.1) is 0 Å². The predicted molar refractivity (Wildman–Crippen MR) is 131 cm³/mol. The van der Waals surface area contributed by atoms with Gasteiger partial charge in [0.05, 0.1) is 6.61 Å². The molecular weight excluding hydrogens is 372 g/mol. The van der Waals surface area contributed by atoms with Crippen LogP contribution in [0.15, 0.2) is 0 Å². The molecule has 0 heterocycles. The number of hydrogen-bond donors (Lipinski definition) is 0. The zero-order valence-electron chi connectivity index (χ0n) is 21.1. The van der Waals surface area contributed by atoms with E-state index in [1.165, 1.54) is 116 Å². The summed E-state index contributed by atoms with van der Waals surface area (Å²) in [7, 11) is 1.72. The smallest absolute Gasteiger partial charge is 0.180 e. The first-order valence-electron chi connectivity index (χ1n) is 13.6. The first kappa shape index (κ1) is 29.9. The van der Waals surface area contributed by atoms with E-state index in [1.54, 1.807) is 7.11 Å². The van der Waals surface area contributed by atoms with Crippen LogP contribution >= 0.6 is 0 Å². The summed E-state index contributed by atoms with van der Waals surface area (Å²) < 4.78 is 17.0. The van der Waals surface area contributed by atoms with Crippen LogP contribution in [0.25, 0.3) is 0 Å². The van der Waals surface area contributed by atoms with E-state index >= 15 is 0 Å². The third-order valence-electron chi connectivity index (χ3n) is 5.96. The van der Waals surface area contributed by atoms with Gasteiger partial charge in [-0.15, -0.1) is 0 Å². The Hall–Kier alpha value is -0.120. The molecule has 0 aliphatic rings. The molecule has 0 aliphatic heterocycles. The number of methoxy groups -OCH3 is 1. The van der Waals surface area contributed by atoms with Gasteiger partial charge in [0.1, 0.15) is 0 Å². The van der Waals surface area contributed by atoms with Gasteiger partial charge in [-0.05, 0) is 12.8 Å². The van der Waals surface area contributed by atoms with Gasteiger partial charge in [0, 0.05) is 20.3 Å². The van der Waals surface area contributed by atoms with E-state index in [-0.39, 0.29) is 6.29 Å². The largest absolute Gasteiger partial charge is 0.376 e. The lowest BCUT2D eigenvalue weighted by Gasteiger charge is -2.16.